The van der Waals surface area contributed by atoms with E-state index in [1.165, 1.54) is 11.8 Å². The number of aliphatic hydroxyl groups is 1. The van der Waals surface area contributed by atoms with Crippen LogP contribution in [0.3, 0.4) is 0 Å². The van der Waals surface area contributed by atoms with E-state index in [0.29, 0.717) is 31.7 Å². The van der Waals surface area contributed by atoms with Gasteiger partial charge in [-0.05, 0) is 18.4 Å². The number of likely N-dealkylation sites (tertiary alicyclic amines) is 1. The van der Waals surface area contributed by atoms with Crippen LogP contribution in [-0.4, -0.2) is 50.3 Å². The Hall–Kier alpha value is -2.67. The van der Waals surface area contributed by atoms with E-state index in [4.69, 9.17) is 0 Å². The van der Waals surface area contributed by atoms with Crippen LogP contribution in [0.25, 0.3) is 0 Å². The molecule has 1 aromatic heterocycles. The quantitative estimate of drug-likeness (QED) is 0.875. The second kappa shape index (κ2) is 7.06. The van der Waals surface area contributed by atoms with Crippen molar-refractivity contribution in [2.75, 3.05) is 18.4 Å². The van der Waals surface area contributed by atoms with Crippen LogP contribution in [0, 0.1) is 0 Å². The third kappa shape index (κ3) is 4.06. The van der Waals surface area contributed by atoms with Gasteiger partial charge in [0, 0.05) is 25.7 Å². The standard InChI is InChI=1S/C18H22N4O3/c1-14(23)21-10-5-9-18(25,13-21)17(24)19-16-8-11-22(20-16)12-15-6-3-2-4-7-15/h2-4,6-8,11,25H,5,9-10,12-13H2,1H3,(H,19,20,24)/t18-/m1/s1. The van der Waals surface area contributed by atoms with E-state index in [0.717, 1.165) is 5.56 Å². The fourth-order valence-corrected chi connectivity index (χ4v) is 3.01. The first-order valence-corrected chi connectivity index (χ1v) is 8.33. The first kappa shape index (κ1) is 17.2. The first-order chi connectivity index (χ1) is 12.0. The van der Waals surface area contributed by atoms with Gasteiger partial charge in [-0.2, -0.15) is 5.10 Å². The smallest absolute Gasteiger partial charge is 0.259 e. The predicted molar refractivity (Wildman–Crippen MR) is 92.8 cm³/mol. The van der Waals surface area contributed by atoms with Gasteiger partial charge in [0.05, 0.1) is 13.1 Å². The van der Waals surface area contributed by atoms with Crippen LogP contribution in [-0.2, 0) is 16.1 Å². The molecule has 2 aromatic rings. The van der Waals surface area contributed by atoms with Crippen molar-refractivity contribution in [1.82, 2.24) is 14.7 Å². The van der Waals surface area contributed by atoms with Crippen molar-refractivity contribution in [1.29, 1.82) is 0 Å². The van der Waals surface area contributed by atoms with Crippen molar-refractivity contribution in [2.24, 2.45) is 0 Å². The van der Waals surface area contributed by atoms with Gasteiger partial charge in [0.25, 0.3) is 5.91 Å². The lowest BCUT2D eigenvalue weighted by Gasteiger charge is -2.37. The molecule has 1 aliphatic heterocycles. The van der Waals surface area contributed by atoms with E-state index in [-0.39, 0.29) is 12.5 Å². The molecule has 1 saturated heterocycles. The lowest BCUT2D eigenvalue weighted by atomic mass is 9.92. The molecule has 0 unspecified atom stereocenters. The van der Waals surface area contributed by atoms with Crippen molar-refractivity contribution in [3.63, 3.8) is 0 Å². The van der Waals surface area contributed by atoms with Gasteiger partial charge in [-0.15, -0.1) is 0 Å². The molecule has 0 spiro atoms. The highest BCUT2D eigenvalue weighted by atomic mass is 16.3. The Labute approximate surface area is 146 Å². The van der Waals surface area contributed by atoms with E-state index in [1.807, 2.05) is 30.3 Å². The van der Waals surface area contributed by atoms with E-state index in [2.05, 4.69) is 10.4 Å². The highest BCUT2D eigenvalue weighted by Crippen LogP contribution is 2.23. The number of benzene rings is 1. The average molecular weight is 342 g/mol. The molecule has 0 aliphatic carbocycles. The summed E-state index contributed by atoms with van der Waals surface area (Å²) in [7, 11) is 0. The minimum atomic E-state index is -1.58. The van der Waals surface area contributed by atoms with E-state index < -0.39 is 11.5 Å². The zero-order chi connectivity index (χ0) is 17.9. The lowest BCUT2D eigenvalue weighted by molar-refractivity contribution is -0.146. The van der Waals surface area contributed by atoms with Crippen molar-refractivity contribution < 1.29 is 14.7 Å². The van der Waals surface area contributed by atoms with Crippen molar-refractivity contribution in [2.45, 2.75) is 31.9 Å². The molecule has 7 heteroatoms. The zero-order valence-electron chi connectivity index (χ0n) is 14.2. The third-order valence-electron chi connectivity index (χ3n) is 4.41. The summed E-state index contributed by atoms with van der Waals surface area (Å²) in [4.78, 5) is 25.5. The number of nitrogens with zero attached hydrogens (tertiary/aromatic N) is 3. The van der Waals surface area contributed by atoms with Crippen LogP contribution in [0.5, 0.6) is 0 Å². The number of piperidine rings is 1. The van der Waals surface area contributed by atoms with Crippen molar-refractivity contribution in [3.05, 3.63) is 48.2 Å². The number of rotatable bonds is 4. The summed E-state index contributed by atoms with van der Waals surface area (Å²) in [6, 6.07) is 11.6. The molecule has 0 bridgehead atoms. The molecule has 1 atom stereocenters. The highest BCUT2D eigenvalue weighted by molar-refractivity contribution is 5.97. The molecule has 7 nitrogen and oxygen atoms in total. The van der Waals surface area contributed by atoms with Crippen LogP contribution in [0.1, 0.15) is 25.3 Å². The number of aromatic nitrogens is 2. The number of carbonyl (C=O) groups is 2. The maximum atomic E-state index is 12.5. The number of amides is 2. The molecule has 0 radical (unpaired) electrons. The number of hydrogen-bond acceptors (Lipinski definition) is 4. The molecule has 2 amide bonds. The SMILES string of the molecule is CC(=O)N1CCC[C@](O)(C(=O)Nc2ccn(Cc3ccccc3)n2)C1. The van der Waals surface area contributed by atoms with Crippen LogP contribution in [0.15, 0.2) is 42.6 Å². The number of β-amino-alcohol motifs (C(OH)–C–C–N with tert-alkyl or cyclic N) is 1. The van der Waals surface area contributed by atoms with Gasteiger partial charge in [0.15, 0.2) is 11.4 Å². The summed E-state index contributed by atoms with van der Waals surface area (Å²) in [6.07, 6.45) is 2.69. The van der Waals surface area contributed by atoms with Crippen molar-refractivity contribution >= 4 is 17.6 Å². The summed E-state index contributed by atoms with van der Waals surface area (Å²) in [5.74, 6) is -0.282. The minimum absolute atomic E-state index is 0.0128. The molecule has 0 saturated carbocycles. The topological polar surface area (TPSA) is 87.5 Å². The van der Waals surface area contributed by atoms with Crippen molar-refractivity contribution in [3.8, 4) is 0 Å². The fourth-order valence-electron chi connectivity index (χ4n) is 3.01. The average Bonchev–Trinajstić information content (AvgIpc) is 3.02. The van der Waals surface area contributed by atoms with Gasteiger partial charge < -0.3 is 15.3 Å². The summed E-state index contributed by atoms with van der Waals surface area (Å²) in [5, 5.41) is 17.6. The van der Waals surface area contributed by atoms with E-state index >= 15 is 0 Å². The Balaban J connectivity index is 1.64. The molecule has 3 rings (SSSR count). The predicted octanol–water partition coefficient (Wildman–Crippen LogP) is 1.24. The Morgan fingerprint density at radius 3 is 2.76 bits per heavy atom. The lowest BCUT2D eigenvalue weighted by Crippen LogP contribution is -2.56. The third-order valence-corrected chi connectivity index (χ3v) is 4.41. The molecule has 1 fully saturated rings. The Bertz CT molecular complexity index is 759. The fraction of sp³-hybridized carbons (Fsp3) is 0.389. The number of carbonyl (C=O) groups excluding carboxylic acids is 2. The summed E-state index contributed by atoms with van der Waals surface area (Å²) >= 11 is 0. The maximum absolute atomic E-state index is 12.5. The zero-order valence-corrected chi connectivity index (χ0v) is 14.2. The molecular weight excluding hydrogens is 320 g/mol. The van der Waals surface area contributed by atoms with Gasteiger partial charge in [-0.3, -0.25) is 14.3 Å². The first-order valence-electron chi connectivity index (χ1n) is 8.33. The molecule has 132 valence electrons. The largest absolute Gasteiger partial charge is 0.378 e. The summed E-state index contributed by atoms with van der Waals surface area (Å²) in [5.41, 5.74) is -0.473. The van der Waals surface area contributed by atoms with Crippen LogP contribution < -0.4 is 5.32 Å². The van der Waals surface area contributed by atoms with E-state index in [9.17, 15) is 14.7 Å². The number of nitrogens with one attached hydrogen (secondary N) is 1. The highest BCUT2D eigenvalue weighted by Gasteiger charge is 2.41. The van der Waals surface area contributed by atoms with Gasteiger partial charge >= 0.3 is 0 Å². The number of anilines is 1. The second-order valence-electron chi connectivity index (χ2n) is 6.41. The Morgan fingerprint density at radius 1 is 1.28 bits per heavy atom. The van der Waals surface area contributed by atoms with Gasteiger partial charge in [-0.1, -0.05) is 30.3 Å². The maximum Gasteiger partial charge on any atom is 0.259 e. The molecule has 2 N–H and O–H groups in total. The second-order valence-corrected chi connectivity index (χ2v) is 6.41. The summed E-state index contributed by atoms with van der Waals surface area (Å²) in [6.45, 7) is 2.61. The van der Waals surface area contributed by atoms with Gasteiger partial charge in [0.2, 0.25) is 5.91 Å². The van der Waals surface area contributed by atoms with E-state index in [1.54, 1.807) is 16.9 Å². The van der Waals surface area contributed by atoms with Crippen LogP contribution in [0.2, 0.25) is 0 Å². The van der Waals surface area contributed by atoms with Crippen LogP contribution >= 0.6 is 0 Å². The summed E-state index contributed by atoms with van der Waals surface area (Å²) < 4.78 is 1.72. The minimum Gasteiger partial charge on any atom is -0.378 e. The van der Waals surface area contributed by atoms with Gasteiger partial charge in [0.1, 0.15) is 0 Å². The van der Waals surface area contributed by atoms with Gasteiger partial charge in [-0.25, -0.2) is 0 Å². The Morgan fingerprint density at radius 2 is 2.04 bits per heavy atom. The Kier molecular flexibility index (Phi) is 4.85. The molecule has 1 aromatic carbocycles. The molecule has 2 heterocycles. The normalized spacial score (nSPS) is 20.3. The molecule has 1 aliphatic rings. The number of hydrogen-bond donors (Lipinski definition) is 2. The van der Waals surface area contributed by atoms with Crippen LogP contribution in [0.4, 0.5) is 5.82 Å². The monoisotopic (exact) mass is 342 g/mol. The molecule has 25 heavy (non-hydrogen) atoms. The molecular formula is C18H22N4O3.